The fourth-order valence-corrected chi connectivity index (χ4v) is 2.00. The van der Waals surface area contributed by atoms with E-state index in [9.17, 15) is 17.6 Å². The summed E-state index contributed by atoms with van der Waals surface area (Å²) in [7, 11) is 0. The Hall–Kier alpha value is -2.08. The summed E-state index contributed by atoms with van der Waals surface area (Å²) in [5, 5.41) is 0. The van der Waals surface area contributed by atoms with Crippen LogP contribution < -0.4 is 10.5 Å². The fraction of sp³-hybridized carbons (Fsp3) is 0.200. The van der Waals surface area contributed by atoms with Gasteiger partial charge < -0.3 is 10.5 Å². The first kappa shape index (κ1) is 15.3. The number of ether oxygens (including phenoxy) is 1. The lowest BCUT2D eigenvalue weighted by atomic mass is 10.00. The summed E-state index contributed by atoms with van der Waals surface area (Å²) in [6.45, 7) is 1.47. The molecule has 112 valence electrons. The second-order valence-corrected chi connectivity index (χ2v) is 4.51. The zero-order valence-corrected chi connectivity index (χ0v) is 11.2. The molecular weight excluding hydrogens is 286 g/mol. The first-order valence-corrected chi connectivity index (χ1v) is 6.16. The van der Waals surface area contributed by atoms with Crippen LogP contribution in [0.2, 0.25) is 0 Å². The number of nitrogens with two attached hydrogens (primary N) is 1. The second-order valence-electron chi connectivity index (χ2n) is 4.51. The van der Waals surface area contributed by atoms with Crippen molar-refractivity contribution in [2.75, 3.05) is 0 Å². The normalized spacial score (nSPS) is 11.5. The SMILES string of the molecule is Cc1cccc(-c2ccc(OC(F)(F)F)c(CN)c2)c1F. The van der Waals surface area contributed by atoms with Crippen molar-refractivity contribution in [3.63, 3.8) is 0 Å². The van der Waals surface area contributed by atoms with Crippen molar-refractivity contribution in [2.45, 2.75) is 19.8 Å². The maximum atomic E-state index is 14.1. The molecule has 0 aromatic heterocycles. The third-order valence-electron chi connectivity index (χ3n) is 3.01. The van der Waals surface area contributed by atoms with E-state index in [4.69, 9.17) is 5.73 Å². The molecule has 2 rings (SSSR count). The second kappa shape index (κ2) is 5.73. The standard InChI is InChI=1S/C15H13F4NO/c1-9-3-2-4-12(14(9)16)10-5-6-13(11(7-10)8-20)21-15(17,18)19/h2-7H,8,20H2,1H3. The molecule has 2 aromatic rings. The minimum Gasteiger partial charge on any atom is -0.405 e. The van der Waals surface area contributed by atoms with Crippen LogP contribution in [-0.2, 0) is 6.54 Å². The summed E-state index contributed by atoms with van der Waals surface area (Å²) in [6.07, 6.45) is -4.79. The number of benzene rings is 2. The molecule has 0 aliphatic carbocycles. The van der Waals surface area contributed by atoms with Crippen molar-refractivity contribution >= 4 is 0 Å². The molecule has 0 fully saturated rings. The first-order valence-electron chi connectivity index (χ1n) is 6.16. The predicted octanol–water partition coefficient (Wildman–Crippen LogP) is 4.16. The number of hydrogen-bond donors (Lipinski definition) is 1. The largest absolute Gasteiger partial charge is 0.573 e. The van der Waals surface area contributed by atoms with Crippen LogP contribution in [0.15, 0.2) is 36.4 Å². The van der Waals surface area contributed by atoms with Crippen molar-refractivity contribution in [1.82, 2.24) is 0 Å². The van der Waals surface area contributed by atoms with Crippen molar-refractivity contribution in [3.05, 3.63) is 53.3 Å². The number of alkyl halides is 3. The minimum absolute atomic E-state index is 0.146. The minimum atomic E-state index is -4.79. The molecular formula is C15H13F4NO. The molecule has 0 heterocycles. The Bertz CT molecular complexity index is 653. The third kappa shape index (κ3) is 3.52. The smallest absolute Gasteiger partial charge is 0.405 e. The van der Waals surface area contributed by atoms with Gasteiger partial charge in [-0.25, -0.2) is 4.39 Å². The molecule has 0 amide bonds. The average Bonchev–Trinajstić information content (AvgIpc) is 2.41. The Labute approximate surface area is 119 Å². The van der Waals surface area contributed by atoms with Gasteiger partial charge in [-0.05, 0) is 30.2 Å². The van der Waals surface area contributed by atoms with E-state index in [0.29, 0.717) is 16.7 Å². The van der Waals surface area contributed by atoms with Crippen LogP contribution in [0.3, 0.4) is 0 Å². The van der Waals surface area contributed by atoms with Crippen LogP contribution in [0.25, 0.3) is 11.1 Å². The van der Waals surface area contributed by atoms with Crippen LogP contribution >= 0.6 is 0 Å². The molecule has 2 N–H and O–H groups in total. The fourth-order valence-electron chi connectivity index (χ4n) is 2.00. The van der Waals surface area contributed by atoms with E-state index in [2.05, 4.69) is 4.74 Å². The van der Waals surface area contributed by atoms with Crippen LogP contribution in [0, 0.1) is 12.7 Å². The monoisotopic (exact) mass is 299 g/mol. The molecule has 0 spiro atoms. The maximum absolute atomic E-state index is 14.1. The van der Waals surface area contributed by atoms with Gasteiger partial charge in [0, 0.05) is 17.7 Å². The van der Waals surface area contributed by atoms with Crippen molar-refractivity contribution in [3.8, 4) is 16.9 Å². The van der Waals surface area contributed by atoms with Crippen LogP contribution in [0.4, 0.5) is 17.6 Å². The van der Waals surface area contributed by atoms with Crippen molar-refractivity contribution in [2.24, 2.45) is 5.73 Å². The van der Waals surface area contributed by atoms with Gasteiger partial charge in [0.25, 0.3) is 0 Å². The Morgan fingerprint density at radius 3 is 2.48 bits per heavy atom. The highest BCUT2D eigenvalue weighted by Gasteiger charge is 2.32. The Kier molecular flexibility index (Phi) is 4.18. The summed E-state index contributed by atoms with van der Waals surface area (Å²) in [5.41, 5.74) is 6.82. The summed E-state index contributed by atoms with van der Waals surface area (Å²) in [4.78, 5) is 0. The van der Waals surface area contributed by atoms with E-state index >= 15 is 0 Å². The molecule has 0 saturated heterocycles. The van der Waals surface area contributed by atoms with E-state index in [1.165, 1.54) is 12.1 Å². The zero-order chi connectivity index (χ0) is 15.6. The van der Waals surface area contributed by atoms with Gasteiger partial charge in [0.05, 0.1) is 0 Å². The number of halogens is 4. The van der Waals surface area contributed by atoms with E-state index in [1.807, 2.05) is 0 Å². The average molecular weight is 299 g/mol. The summed E-state index contributed by atoms with van der Waals surface area (Å²) < 4.78 is 54.8. The van der Waals surface area contributed by atoms with Gasteiger partial charge in [-0.1, -0.05) is 24.3 Å². The van der Waals surface area contributed by atoms with Gasteiger partial charge in [0.2, 0.25) is 0 Å². The highest BCUT2D eigenvalue weighted by molar-refractivity contribution is 5.67. The van der Waals surface area contributed by atoms with Gasteiger partial charge >= 0.3 is 6.36 Å². The summed E-state index contributed by atoms with van der Waals surface area (Å²) >= 11 is 0. The van der Waals surface area contributed by atoms with Crippen molar-refractivity contribution < 1.29 is 22.3 Å². The molecule has 0 bridgehead atoms. The van der Waals surface area contributed by atoms with Gasteiger partial charge in [0.15, 0.2) is 0 Å². The number of rotatable bonds is 3. The summed E-state index contributed by atoms with van der Waals surface area (Å²) in [5.74, 6) is -0.785. The molecule has 0 aliphatic rings. The molecule has 0 saturated carbocycles. The lowest BCUT2D eigenvalue weighted by Crippen LogP contribution is -2.18. The zero-order valence-electron chi connectivity index (χ0n) is 11.2. The highest BCUT2D eigenvalue weighted by atomic mass is 19.4. The molecule has 0 atom stereocenters. The molecule has 0 aliphatic heterocycles. The highest BCUT2D eigenvalue weighted by Crippen LogP contribution is 2.32. The molecule has 6 heteroatoms. The van der Waals surface area contributed by atoms with E-state index in [0.717, 1.165) is 6.07 Å². The van der Waals surface area contributed by atoms with Crippen LogP contribution in [0.1, 0.15) is 11.1 Å². The molecule has 0 radical (unpaired) electrons. The van der Waals surface area contributed by atoms with Gasteiger partial charge in [-0.2, -0.15) is 0 Å². The topological polar surface area (TPSA) is 35.2 Å². The van der Waals surface area contributed by atoms with Crippen molar-refractivity contribution in [1.29, 1.82) is 0 Å². The first-order chi connectivity index (χ1) is 9.81. The Balaban J connectivity index is 2.46. The van der Waals surface area contributed by atoms with Gasteiger partial charge in [-0.15, -0.1) is 13.2 Å². The maximum Gasteiger partial charge on any atom is 0.573 e. The molecule has 0 unspecified atom stereocenters. The van der Waals surface area contributed by atoms with E-state index in [-0.39, 0.29) is 17.9 Å². The van der Waals surface area contributed by atoms with Gasteiger partial charge in [0.1, 0.15) is 11.6 Å². The Morgan fingerprint density at radius 1 is 1.14 bits per heavy atom. The quantitative estimate of drug-likeness (QED) is 0.864. The lowest BCUT2D eigenvalue weighted by Gasteiger charge is -2.14. The Morgan fingerprint density at radius 2 is 1.86 bits per heavy atom. The molecule has 2 nitrogen and oxygen atoms in total. The third-order valence-corrected chi connectivity index (χ3v) is 3.01. The van der Waals surface area contributed by atoms with Gasteiger partial charge in [-0.3, -0.25) is 0 Å². The predicted molar refractivity (Wildman–Crippen MR) is 71.1 cm³/mol. The lowest BCUT2D eigenvalue weighted by molar-refractivity contribution is -0.274. The summed E-state index contributed by atoms with van der Waals surface area (Å²) in [6, 6.07) is 8.77. The number of hydrogen-bond acceptors (Lipinski definition) is 2. The van der Waals surface area contributed by atoms with Crippen LogP contribution in [0.5, 0.6) is 5.75 Å². The van der Waals surface area contributed by atoms with Crippen LogP contribution in [-0.4, -0.2) is 6.36 Å². The van der Waals surface area contributed by atoms with E-state index < -0.39 is 12.2 Å². The molecule has 21 heavy (non-hydrogen) atoms. The number of aryl methyl sites for hydroxylation is 1. The molecule has 2 aromatic carbocycles. The van der Waals surface area contributed by atoms with E-state index in [1.54, 1.807) is 25.1 Å².